The molecule has 1 rings (SSSR count). The van der Waals surface area contributed by atoms with Gasteiger partial charge in [-0.05, 0) is 57.1 Å². The number of nitrogens with one attached hydrogen (secondary N) is 1. The molecule has 2 nitrogen and oxygen atoms in total. The Labute approximate surface area is 185 Å². The summed E-state index contributed by atoms with van der Waals surface area (Å²) in [5, 5.41) is 0. The van der Waals surface area contributed by atoms with Crippen molar-refractivity contribution in [1.29, 1.82) is 0 Å². The third-order valence-electron chi connectivity index (χ3n) is 5.49. The quantitative estimate of drug-likeness (QED) is 0.130. The third-order valence-corrected chi connectivity index (χ3v) is 5.49. The number of carbonyl (C=O) groups excluding carboxylic acids is 1. The fourth-order valence-electron chi connectivity index (χ4n) is 3.67. The van der Waals surface area contributed by atoms with Crippen LogP contribution >= 0.6 is 0 Å². The van der Waals surface area contributed by atoms with E-state index in [0.717, 1.165) is 32.0 Å². The van der Waals surface area contributed by atoms with Gasteiger partial charge < -0.3 is 4.98 Å². The number of allylic oxidation sites excluding steroid dienone is 6. The molecule has 0 fully saturated rings. The molecule has 1 aromatic heterocycles. The predicted octanol–water partition coefficient (Wildman–Crippen LogP) is 8.91. The number of carbonyl (C=O) groups is 1. The average molecular weight is 412 g/mol. The maximum atomic E-state index is 10.6. The maximum Gasteiger partial charge on any atom is 0.166 e. The lowest BCUT2D eigenvalue weighted by Crippen LogP contribution is -1.88. The van der Waals surface area contributed by atoms with Crippen LogP contribution in [-0.2, 0) is 6.42 Å². The standard InChI is InChI=1S/C28H45NO/c1-2-3-4-5-6-7-8-9-10-11-12-13-14-15-16-17-18-19-20-21-22-23-27-24-25-28(26-30)29-27/h3-4,6-7,9-10,24-26,29H,2,5,8,11-23H2,1H3/b4-3-,7-6-,10-9-. The first-order chi connectivity index (χ1) is 14.9. The molecule has 0 aliphatic rings. The topological polar surface area (TPSA) is 32.9 Å². The van der Waals surface area contributed by atoms with Crippen LogP contribution < -0.4 is 0 Å². The fraction of sp³-hybridized carbons (Fsp3) is 0.607. The second-order valence-electron chi connectivity index (χ2n) is 8.28. The number of hydrogen-bond acceptors (Lipinski definition) is 1. The van der Waals surface area contributed by atoms with Crippen LogP contribution in [0.5, 0.6) is 0 Å². The highest BCUT2D eigenvalue weighted by Gasteiger charge is 1.98. The van der Waals surface area contributed by atoms with Gasteiger partial charge in [-0.15, -0.1) is 0 Å². The Morgan fingerprint density at radius 2 is 1.20 bits per heavy atom. The lowest BCUT2D eigenvalue weighted by atomic mass is 10.0. The first-order valence-corrected chi connectivity index (χ1v) is 12.4. The molecular weight excluding hydrogens is 366 g/mol. The first kappa shape index (κ1) is 26.2. The second kappa shape index (κ2) is 20.4. The van der Waals surface area contributed by atoms with Crippen LogP contribution in [0.2, 0.25) is 0 Å². The Kier molecular flexibility index (Phi) is 17.9. The van der Waals surface area contributed by atoms with Crippen LogP contribution in [0, 0.1) is 0 Å². The maximum absolute atomic E-state index is 10.6. The summed E-state index contributed by atoms with van der Waals surface area (Å²) in [5.74, 6) is 0. The highest BCUT2D eigenvalue weighted by Crippen LogP contribution is 2.13. The molecule has 0 aliphatic heterocycles. The highest BCUT2D eigenvalue weighted by atomic mass is 16.1. The number of aromatic amines is 1. The number of unbranched alkanes of at least 4 members (excludes halogenated alkanes) is 11. The smallest absolute Gasteiger partial charge is 0.166 e. The van der Waals surface area contributed by atoms with Crippen molar-refractivity contribution in [2.24, 2.45) is 0 Å². The largest absolute Gasteiger partial charge is 0.356 e. The number of aldehydes is 1. The minimum absolute atomic E-state index is 0.695. The van der Waals surface area contributed by atoms with Gasteiger partial charge in [0.25, 0.3) is 0 Å². The van der Waals surface area contributed by atoms with Gasteiger partial charge in [-0.25, -0.2) is 0 Å². The molecule has 1 N–H and O–H groups in total. The molecule has 0 bridgehead atoms. The molecule has 0 saturated carbocycles. The van der Waals surface area contributed by atoms with Crippen molar-refractivity contribution in [1.82, 2.24) is 4.98 Å². The summed E-state index contributed by atoms with van der Waals surface area (Å²) in [6, 6.07) is 3.90. The Morgan fingerprint density at radius 3 is 1.77 bits per heavy atom. The molecule has 0 atom stereocenters. The van der Waals surface area contributed by atoms with Crippen LogP contribution in [0.3, 0.4) is 0 Å². The van der Waals surface area contributed by atoms with E-state index in [2.05, 4.69) is 48.4 Å². The molecular formula is C28H45NO. The molecule has 0 aromatic carbocycles. The van der Waals surface area contributed by atoms with Crippen molar-refractivity contribution >= 4 is 6.29 Å². The second-order valence-corrected chi connectivity index (χ2v) is 8.28. The van der Waals surface area contributed by atoms with Gasteiger partial charge >= 0.3 is 0 Å². The SMILES string of the molecule is CC/C=C\C/C=C\C/C=C\CCCCCCCCCCCCCc1ccc(C=O)[nH]1. The average Bonchev–Trinajstić information content (AvgIpc) is 3.23. The van der Waals surface area contributed by atoms with E-state index in [1.165, 1.54) is 82.7 Å². The summed E-state index contributed by atoms with van der Waals surface area (Å²) in [6.07, 6.45) is 35.1. The minimum atomic E-state index is 0.695. The van der Waals surface area contributed by atoms with Crippen LogP contribution in [0.25, 0.3) is 0 Å². The molecule has 0 spiro atoms. The molecule has 1 aromatic rings. The van der Waals surface area contributed by atoms with E-state index in [0.29, 0.717) is 5.69 Å². The Morgan fingerprint density at radius 1 is 0.667 bits per heavy atom. The van der Waals surface area contributed by atoms with Gasteiger partial charge in [-0.1, -0.05) is 101 Å². The van der Waals surface area contributed by atoms with Crippen molar-refractivity contribution in [2.45, 2.75) is 110 Å². The zero-order valence-electron chi connectivity index (χ0n) is 19.4. The first-order valence-electron chi connectivity index (χ1n) is 12.4. The zero-order chi connectivity index (χ0) is 21.5. The summed E-state index contributed by atoms with van der Waals surface area (Å²) >= 11 is 0. The number of rotatable bonds is 20. The van der Waals surface area contributed by atoms with Gasteiger partial charge in [0.2, 0.25) is 0 Å². The summed E-state index contributed by atoms with van der Waals surface area (Å²) < 4.78 is 0. The van der Waals surface area contributed by atoms with Gasteiger partial charge in [0.15, 0.2) is 6.29 Å². The van der Waals surface area contributed by atoms with Crippen LogP contribution in [0.4, 0.5) is 0 Å². The van der Waals surface area contributed by atoms with E-state index in [-0.39, 0.29) is 0 Å². The van der Waals surface area contributed by atoms with Crippen molar-refractivity contribution < 1.29 is 4.79 Å². The molecule has 0 aliphatic carbocycles. The summed E-state index contributed by atoms with van der Waals surface area (Å²) in [5.41, 5.74) is 1.89. The van der Waals surface area contributed by atoms with E-state index in [1.807, 2.05) is 12.1 Å². The lowest BCUT2D eigenvalue weighted by Gasteiger charge is -2.03. The Balaban J connectivity index is 1.76. The minimum Gasteiger partial charge on any atom is -0.356 e. The molecule has 0 saturated heterocycles. The number of hydrogen-bond donors (Lipinski definition) is 1. The molecule has 2 heteroatoms. The monoisotopic (exact) mass is 411 g/mol. The molecule has 0 unspecified atom stereocenters. The summed E-state index contributed by atoms with van der Waals surface area (Å²) in [7, 11) is 0. The van der Waals surface area contributed by atoms with Gasteiger partial charge in [0.1, 0.15) is 0 Å². The molecule has 30 heavy (non-hydrogen) atoms. The normalized spacial score (nSPS) is 12.0. The molecule has 0 amide bonds. The van der Waals surface area contributed by atoms with Crippen LogP contribution in [-0.4, -0.2) is 11.3 Å². The number of aromatic nitrogens is 1. The molecule has 0 radical (unpaired) electrons. The van der Waals surface area contributed by atoms with Crippen molar-refractivity contribution in [3.8, 4) is 0 Å². The van der Waals surface area contributed by atoms with E-state index >= 15 is 0 Å². The Hall–Kier alpha value is -1.83. The van der Waals surface area contributed by atoms with Crippen molar-refractivity contribution in [2.75, 3.05) is 0 Å². The van der Waals surface area contributed by atoms with Crippen molar-refractivity contribution in [3.63, 3.8) is 0 Å². The lowest BCUT2D eigenvalue weighted by molar-refractivity contribution is 0.111. The van der Waals surface area contributed by atoms with Gasteiger partial charge in [-0.2, -0.15) is 0 Å². The fourth-order valence-corrected chi connectivity index (χ4v) is 3.67. The number of H-pyrrole nitrogens is 1. The molecule has 168 valence electrons. The van der Waals surface area contributed by atoms with Crippen molar-refractivity contribution in [3.05, 3.63) is 60.0 Å². The zero-order valence-corrected chi connectivity index (χ0v) is 19.4. The van der Waals surface area contributed by atoms with E-state index < -0.39 is 0 Å². The van der Waals surface area contributed by atoms with E-state index in [4.69, 9.17) is 0 Å². The third kappa shape index (κ3) is 16.0. The van der Waals surface area contributed by atoms with Crippen LogP contribution in [0.15, 0.2) is 48.6 Å². The summed E-state index contributed by atoms with van der Waals surface area (Å²) in [4.78, 5) is 13.8. The van der Waals surface area contributed by atoms with Gasteiger partial charge in [0, 0.05) is 5.69 Å². The summed E-state index contributed by atoms with van der Waals surface area (Å²) in [6.45, 7) is 2.17. The van der Waals surface area contributed by atoms with Crippen LogP contribution in [0.1, 0.15) is 119 Å². The van der Waals surface area contributed by atoms with E-state index in [9.17, 15) is 4.79 Å². The van der Waals surface area contributed by atoms with E-state index in [1.54, 1.807) is 0 Å². The highest BCUT2D eigenvalue weighted by molar-refractivity contribution is 5.71. The molecule has 1 heterocycles. The predicted molar refractivity (Wildman–Crippen MR) is 132 cm³/mol. The van der Waals surface area contributed by atoms with Gasteiger partial charge in [0.05, 0.1) is 5.69 Å². The Bertz CT molecular complexity index is 594. The van der Waals surface area contributed by atoms with Gasteiger partial charge in [-0.3, -0.25) is 4.79 Å². The number of aryl methyl sites for hydroxylation is 1.